The van der Waals surface area contributed by atoms with E-state index >= 15 is 0 Å². The Labute approximate surface area is 121 Å². The summed E-state index contributed by atoms with van der Waals surface area (Å²) in [6, 6.07) is 7.81. The Hall–Kier alpha value is -2.14. The van der Waals surface area contributed by atoms with E-state index in [0.29, 0.717) is 5.69 Å². The van der Waals surface area contributed by atoms with Gasteiger partial charge in [-0.3, -0.25) is 9.78 Å². The van der Waals surface area contributed by atoms with E-state index in [1.165, 1.54) is 0 Å². The van der Waals surface area contributed by atoms with Crippen LogP contribution >= 0.6 is 11.3 Å². The number of anilines is 1. The molecular formula is C15H15N3OS. The lowest BCUT2D eigenvalue weighted by Crippen LogP contribution is -2.18. The van der Waals surface area contributed by atoms with Crippen molar-refractivity contribution in [3.8, 4) is 0 Å². The van der Waals surface area contributed by atoms with Crippen molar-refractivity contribution in [3.63, 3.8) is 0 Å². The monoisotopic (exact) mass is 285 g/mol. The number of nitrogens with one attached hydrogen (secondary N) is 1. The van der Waals surface area contributed by atoms with E-state index in [-0.39, 0.29) is 11.9 Å². The summed E-state index contributed by atoms with van der Waals surface area (Å²) < 4.78 is 3.21. The van der Waals surface area contributed by atoms with Crippen molar-refractivity contribution in [1.82, 2.24) is 9.55 Å². The van der Waals surface area contributed by atoms with Crippen LogP contribution in [0.1, 0.15) is 30.4 Å². The maximum Gasteiger partial charge on any atom is 0.272 e. The first-order chi connectivity index (χ1) is 9.66. The quantitative estimate of drug-likeness (QED) is 0.792. The van der Waals surface area contributed by atoms with Crippen LogP contribution in [0.5, 0.6) is 0 Å². The number of aromatic nitrogens is 2. The smallest absolute Gasteiger partial charge is 0.272 e. The van der Waals surface area contributed by atoms with Gasteiger partial charge in [0.05, 0.1) is 10.2 Å². The van der Waals surface area contributed by atoms with Crippen LogP contribution in [0.25, 0.3) is 10.2 Å². The third-order valence-electron chi connectivity index (χ3n) is 3.15. The lowest BCUT2D eigenvalue weighted by atomic mass is 10.3. The fraction of sp³-hybridized carbons (Fsp3) is 0.200. The van der Waals surface area contributed by atoms with E-state index in [0.717, 1.165) is 15.9 Å². The second-order valence-corrected chi connectivity index (χ2v) is 5.80. The highest BCUT2D eigenvalue weighted by Gasteiger charge is 2.18. The Morgan fingerprint density at radius 2 is 2.05 bits per heavy atom. The van der Waals surface area contributed by atoms with Gasteiger partial charge in [0.1, 0.15) is 5.69 Å². The van der Waals surface area contributed by atoms with E-state index in [1.54, 1.807) is 35.9 Å². The van der Waals surface area contributed by atoms with Gasteiger partial charge in [-0.1, -0.05) is 0 Å². The van der Waals surface area contributed by atoms with Gasteiger partial charge in [0.25, 0.3) is 5.91 Å². The number of fused-ring (bicyclic) bond motifs is 1. The molecule has 5 heteroatoms. The molecule has 3 aromatic heterocycles. The van der Waals surface area contributed by atoms with Gasteiger partial charge in [0, 0.05) is 24.1 Å². The van der Waals surface area contributed by atoms with E-state index in [4.69, 9.17) is 0 Å². The molecule has 0 saturated carbocycles. The molecule has 4 nitrogen and oxygen atoms in total. The summed E-state index contributed by atoms with van der Waals surface area (Å²) in [6.45, 7) is 4.17. The Morgan fingerprint density at radius 3 is 2.75 bits per heavy atom. The van der Waals surface area contributed by atoms with E-state index in [2.05, 4.69) is 34.8 Å². The van der Waals surface area contributed by atoms with Gasteiger partial charge >= 0.3 is 0 Å². The zero-order valence-corrected chi connectivity index (χ0v) is 12.1. The van der Waals surface area contributed by atoms with Gasteiger partial charge in [-0.15, -0.1) is 11.3 Å². The molecule has 0 aliphatic heterocycles. The predicted molar refractivity (Wildman–Crippen MR) is 82.4 cm³/mol. The van der Waals surface area contributed by atoms with E-state index in [9.17, 15) is 4.79 Å². The highest BCUT2D eigenvalue weighted by atomic mass is 32.1. The summed E-state index contributed by atoms with van der Waals surface area (Å²) in [7, 11) is 0. The van der Waals surface area contributed by atoms with Gasteiger partial charge in [-0.05, 0) is 43.5 Å². The van der Waals surface area contributed by atoms with Crippen LogP contribution < -0.4 is 5.32 Å². The largest absolute Gasteiger partial charge is 0.333 e. The molecule has 1 amide bonds. The van der Waals surface area contributed by atoms with Gasteiger partial charge in [0.2, 0.25) is 0 Å². The van der Waals surface area contributed by atoms with E-state index < -0.39 is 0 Å². The van der Waals surface area contributed by atoms with Crippen molar-refractivity contribution in [1.29, 1.82) is 0 Å². The lowest BCUT2D eigenvalue weighted by molar-refractivity contribution is 0.101. The lowest BCUT2D eigenvalue weighted by Gasteiger charge is -2.14. The van der Waals surface area contributed by atoms with Crippen LogP contribution in [0.2, 0.25) is 0 Å². The number of hydrogen-bond acceptors (Lipinski definition) is 3. The molecule has 0 bridgehead atoms. The SMILES string of the molecule is CC(C)n1c(C(=O)Nc2ccncc2)cc2sccc21. The molecule has 0 aromatic carbocycles. The Balaban J connectivity index is 1.99. The molecule has 20 heavy (non-hydrogen) atoms. The summed E-state index contributed by atoms with van der Waals surface area (Å²) in [6.07, 6.45) is 3.32. The highest BCUT2D eigenvalue weighted by molar-refractivity contribution is 7.17. The molecule has 0 aliphatic carbocycles. The van der Waals surface area contributed by atoms with Gasteiger partial charge < -0.3 is 9.88 Å². The number of carbonyl (C=O) groups excluding carboxylic acids is 1. The summed E-state index contributed by atoms with van der Waals surface area (Å²) in [5.74, 6) is -0.0895. The maximum absolute atomic E-state index is 12.5. The van der Waals surface area contributed by atoms with Crippen LogP contribution in [0.4, 0.5) is 5.69 Å². The summed E-state index contributed by atoms with van der Waals surface area (Å²) in [4.78, 5) is 16.4. The molecular weight excluding hydrogens is 270 g/mol. The molecule has 0 fully saturated rings. The first kappa shape index (κ1) is 12.9. The number of nitrogens with zero attached hydrogens (tertiary/aromatic N) is 2. The first-order valence-corrected chi connectivity index (χ1v) is 7.34. The number of pyridine rings is 1. The molecule has 0 atom stereocenters. The number of amides is 1. The number of rotatable bonds is 3. The summed E-state index contributed by atoms with van der Waals surface area (Å²) >= 11 is 1.65. The van der Waals surface area contributed by atoms with Crippen LogP contribution in [0.15, 0.2) is 42.0 Å². The predicted octanol–water partition coefficient (Wildman–Crippen LogP) is 3.93. The number of hydrogen-bond donors (Lipinski definition) is 1. The third-order valence-corrected chi connectivity index (χ3v) is 4.00. The first-order valence-electron chi connectivity index (χ1n) is 6.46. The van der Waals surface area contributed by atoms with Crippen LogP contribution in [-0.4, -0.2) is 15.5 Å². The summed E-state index contributed by atoms with van der Waals surface area (Å²) in [5.41, 5.74) is 2.56. The molecule has 0 saturated heterocycles. The number of carbonyl (C=O) groups is 1. The Bertz CT molecular complexity index is 743. The van der Waals surface area contributed by atoms with Gasteiger partial charge in [-0.25, -0.2) is 0 Å². The average Bonchev–Trinajstić information content (AvgIpc) is 2.98. The second kappa shape index (κ2) is 5.09. The van der Waals surface area contributed by atoms with Crippen molar-refractivity contribution >= 4 is 33.1 Å². The normalized spacial score (nSPS) is 11.2. The van der Waals surface area contributed by atoms with Crippen molar-refractivity contribution < 1.29 is 4.79 Å². The van der Waals surface area contributed by atoms with Crippen molar-refractivity contribution in [3.05, 3.63) is 47.7 Å². The van der Waals surface area contributed by atoms with Gasteiger partial charge in [0.15, 0.2) is 0 Å². The van der Waals surface area contributed by atoms with Crippen molar-refractivity contribution in [2.24, 2.45) is 0 Å². The fourth-order valence-electron chi connectivity index (χ4n) is 2.31. The molecule has 0 spiro atoms. The molecule has 1 N–H and O–H groups in total. The third kappa shape index (κ3) is 2.20. The van der Waals surface area contributed by atoms with Crippen molar-refractivity contribution in [2.45, 2.75) is 19.9 Å². The second-order valence-electron chi connectivity index (χ2n) is 4.85. The highest BCUT2D eigenvalue weighted by Crippen LogP contribution is 2.28. The topological polar surface area (TPSA) is 46.9 Å². The summed E-state index contributed by atoms with van der Waals surface area (Å²) in [5, 5.41) is 4.96. The minimum atomic E-state index is -0.0895. The molecule has 0 aliphatic rings. The number of thiophene rings is 1. The standard InChI is InChI=1S/C15H15N3OS/c1-10(2)18-12-5-8-20-14(12)9-13(18)15(19)17-11-3-6-16-7-4-11/h3-10H,1-2H3,(H,16,17,19). The Kier molecular flexibility index (Phi) is 3.28. The maximum atomic E-state index is 12.5. The zero-order valence-electron chi connectivity index (χ0n) is 11.3. The molecule has 0 radical (unpaired) electrons. The minimum Gasteiger partial charge on any atom is -0.333 e. The van der Waals surface area contributed by atoms with E-state index in [1.807, 2.05) is 11.4 Å². The average molecular weight is 285 g/mol. The fourth-order valence-corrected chi connectivity index (χ4v) is 3.12. The van der Waals surface area contributed by atoms with Crippen LogP contribution in [0.3, 0.4) is 0 Å². The van der Waals surface area contributed by atoms with Crippen molar-refractivity contribution in [2.75, 3.05) is 5.32 Å². The zero-order chi connectivity index (χ0) is 14.1. The minimum absolute atomic E-state index is 0.0895. The molecule has 0 unspecified atom stereocenters. The molecule has 3 aromatic rings. The van der Waals surface area contributed by atoms with Crippen LogP contribution in [-0.2, 0) is 0 Å². The Morgan fingerprint density at radius 1 is 1.30 bits per heavy atom. The van der Waals surface area contributed by atoms with Crippen LogP contribution in [0, 0.1) is 0 Å². The molecule has 102 valence electrons. The molecule has 3 heterocycles. The van der Waals surface area contributed by atoms with Gasteiger partial charge in [-0.2, -0.15) is 0 Å². The molecule has 3 rings (SSSR count).